The van der Waals surface area contributed by atoms with Crippen molar-refractivity contribution < 1.29 is 19.1 Å². The maximum absolute atomic E-state index is 13.5. The number of hydrogen-bond acceptors (Lipinski definition) is 5. The molecule has 0 aliphatic carbocycles. The van der Waals surface area contributed by atoms with Crippen LogP contribution in [0.2, 0.25) is 0 Å². The van der Waals surface area contributed by atoms with Crippen LogP contribution in [0, 0.1) is 11.3 Å². The van der Waals surface area contributed by atoms with Gasteiger partial charge in [0.2, 0.25) is 11.8 Å². The Morgan fingerprint density at radius 1 is 1.23 bits per heavy atom. The van der Waals surface area contributed by atoms with E-state index in [1.165, 1.54) is 0 Å². The van der Waals surface area contributed by atoms with Gasteiger partial charge in [0, 0.05) is 12.6 Å². The van der Waals surface area contributed by atoms with Crippen molar-refractivity contribution in [3.63, 3.8) is 0 Å². The summed E-state index contributed by atoms with van der Waals surface area (Å²) in [5, 5.41) is 6.23. The Labute approximate surface area is 182 Å². The summed E-state index contributed by atoms with van der Waals surface area (Å²) in [6.45, 7) is 14.4. The molecule has 7 heteroatoms. The number of hydrogen-bond donors (Lipinski definition) is 2. The SMILES string of the molecule is CCOC(=O)/C(C)=C/C(C(C)C)N(C)C(=O)C(NC(=O)[C@@H]1CCCCN1)C(C)(C)C. The van der Waals surface area contributed by atoms with Crippen LogP contribution in [0.25, 0.3) is 0 Å². The van der Waals surface area contributed by atoms with Gasteiger partial charge in [0.15, 0.2) is 0 Å². The lowest BCUT2D eigenvalue weighted by atomic mass is 9.84. The number of likely N-dealkylation sites (N-methyl/N-ethyl adjacent to an activating group) is 1. The lowest BCUT2D eigenvalue weighted by molar-refractivity contribution is -0.141. The summed E-state index contributed by atoms with van der Waals surface area (Å²) >= 11 is 0. The molecule has 2 N–H and O–H groups in total. The van der Waals surface area contributed by atoms with Crippen molar-refractivity contribution in [3.8, 4) is 0 Å². The van der Waals surface area contributed by atoms with Crippen LogP contribution in [-0.4, -0.2) is 61.0 Å². The molecule has 0 bridgehead atoms. The number of rotatable bonds is 8. The number of piperidine rings is 1. The first-order valence-electron chi connectivity index (χ1n) is 11.1. The molecule has 1 heterocycles. The fraction of sp³-hybridized carbons (Fsp3) is 0.783. The number of carbonyl (C=O) groups is 3. The van der Waals surface area contributed by atoms with Crippen molar-refractivity contribution in [2.75, 3.05) is 20.2 Å². The molecule has 1 aliphatic heterocycles. The van der Waals surface area contributed by atoms with Crippen molar-refractivity contribution >= 4 is 17.8 Å². The van der Waals surface area contributed by atoms with E-state index >= 15 is 0 Å². The molecule has 3 atom stereocenters. The number of amides is 2. The molecular weight excluding hydrogens is 382 g/mol. The van der Waals surface area contributed by atoms with Gasteiger partial charge in [-0.2, -0.15) is 0 Å². The first-order chi connectivity index (χ1) is 13.9. The average molecular weight is 424 g/mol. The van der Waals surface area contributed by atoms with Crippen molar-refractivity contribution in [1.29, 1.82) is 0 Å². The molecule has 7 nitrogen and oxygen atoms in total. The molecule has 2 unspecified atom stereocenters. The van der Waals surface area contributed by atoms with Gasteiger partial charge in [0.25, 0.3) is 0 Å². The van der Waals surface area contributed by atoms with Gasteiger partial charge in [-0.3, -0.25) is 9.59 Å². The summed E-state index contributed by atoms with van der Waals surface area (Å²) in [5.41, 5.74) is 0.00911. The minimum absolute atomic E-state index is 0.0830. The fourth-order valence-corrected chi connectivity index (χ4v) is 3.64. The second-order valence-corrected chi connectivity index (χ2v) is 9.56. The predicted octanol–water partition coefficient (Wildman–Crippen LogP) is 2.65. The molecule has 0 aromatic heterocycles. The molecule has 0 saturated carbocycles. The molecule has 2 amide bonds. The van der Waals surface area contributed by atoms with Crippen LogP contribution in [-0.2, 0) is 19.1 Å². The lowest BCUT2D eigenvalue weighted by Crippen LogP contribution is -2.59. The highest BCUT2D eigenvalue weighted by Crippen LogP contribution is 2.24. The zero-order chi connectivity index (χ0) is 23.1. The van der Waals surface area contributed by atoms with E-state index in [1.807, 2.05) is 34.6 Å². The summed E-state index contributed by atoms with van der Waals surface area (Å²) < 4.78 is 5.07. The molecule has 30 heavy (non-hydrogen) atoms. The molecule has 1 saturated heterocycles. The molecule has 1 rings (SSSR count). The van der Waals surface area contributed by atoms with Crippen LogP contribution in [0.15, 0.2) is 11.6 Å². The maximum Gasteiger partial charge on any atom is 0.333 e. The van der Waals surface area contributed by atoms with Gasteiger partial charge in [0.1, 0.15) is 6.04 Å². The molecule has 0 aromatic rings. The van der Waals surface area contributed by atoms with Crippen molar-refractivity contribution in [3.05, 3.63) is 11.6 Å². The molecule has 0 radical (unpaired) electrons. The van der Waals surface area contributed by atoms with Crippen LogP contribution >= 0.6 is 0 Å². The van der Waals surface area contributed by atoms with Gasteiger partial charge in [0.05, 0.1) is 18.7 Å². The summed E-state index contributed by atoms with van der Waals surface area (Å²) in [6.07, 6.45) is 4.64. The van der Waals surface area contributed by atoms with E-state index in [4.69, 9.17) is 4.74 Å². The molecular formula is C23H41N3O4. The van der Waals surface area contributed by atoms with Crippen molar-refractivity contribution in [2.45, 2.75) is 85.9 Å². The van der Waals surface area contributed by atoms with Crippen molar-refractivity contribution in [2.24, 2.45) is 11.3 Å². The fourth-order valence-electron chi connectivity index (χ4n) is 3.64. The smallest absolute Gasteiger partial charge is 0.333 e. The molecule has 172 valence electrons. The topological polar surface area (TPSA) is 87.7 Å². The normalized spacial score (nSPS) is 19.8. The third-order valence-corrected chi connectivity index (χ3v) is 5.52. The van der Waals surface area contributed by atoms with Crippen molar-refractivity contribution in [1.82, 2.24) is 15.5 Å². The van der Waals surface area contributed by atoms with Crippen LogP contribution in [0.4, 0.5) is 0 Å². The maximum atomic E-state index is 13.5. The molecule has 0 aromatic carbocycles. The highest BCUT2D eigenvalue weighted by molar-refractivity contribution is 5.91. The highest BCUT2D eigenvalue weighted by Gasteiger charge is 2.38. The molecule has 1 aliphatic rings. The van der Waals surface area contributed by atoms with Crippen LogP contribution in [0.3, 0.4) is 0 Å². The third-order valence-electron chi connectivity index (χ3n) is 5.52. The van der Waals surface area contributed by atoms with Crippen LogP contribution in [0.5, 0.6) is 0 Å². The van der Waals surface area contributed by atoms with E-state index in [9.17, 15) is 14.4 Å². The second kappa shape index (κ2) is 11.5. The molecule has 1 fully saturated rings. The second-order valence-electron chi connectivity index (χ2n) is 9.56. The van der Waals surface area contributed by atoms with Gasteiger partial charge in [-0.1, -0.05) is 47.1 Å². The van der Waals surface area contributed by atoms with E-state index in [1.54, 1.807) is 31.9 Å². The first-order valence-corrected chi connectivity index (χ1v) is 11.1. The van der Waals surface area contributed by atoms with Crippen LogP contribution < -0.4 is 10.6 Å². The highest BCUT2D eigenvalue weighted by atomic mass is 16.5. The Balaban J connectivity index is 3.06. The monoisotopic (exact) mass is 423 g/mol. The minimum atomic E-state index is -0.670. The Kier molecular flexibility index (Phi) is 10.0. The van der Waals surface area contributed by atoms with Gasteiger partial charge in [-0.05, 0) is 44.6 Å². The number of nitrogens with one attached hydrogen (secondary N) is 2. The van der Waals surface area contributed by atoms with E-state index in [0.29, 0.717) is 12.2 Å². The quantitative estimate of drug-likeness (QED) is 0.463. The first kappa shape index (κ1) is 26.1. The Morgan fingerprint density at radius 2 is 1.87 bits per heavy atom. The number of ether oxygens (including phenoxy) is 1. The largest absolute Gasteiger partial charge is 0.463 e. The van der Waals surface area contributed by atoms with Gasteiger partial charge in [-0.15, -0.1) is 0 Å². The lowest BCUT2D eigenvalue weighted by Gasteiger charge is -2.38. The minimum Gasteiger partial charge on any atom is -0.463 e. The average Bonchev–Trinajstić information content (AvgIpc) is 2.68. The summed E-state index contributed by atoms with van der Waals surface area (Å²) in [6, 6.07) is -1.22. The van der Waals surface area contributed by atoms with E-state index in [0.717, 1.165) is 25.8 Å². The van der Waals surface area contributed by atoms with E-state index in [-0.39, 0.29) is 35.8 Å². The Bertz CT molecular complexity index is 631. The number of esters is 1. The zero-order valence-electron chi connectivity index (χ0n) is 20.0. The standard InChI is InChI=1S/C23H41N3O4/c1-9-30-22(29)16(4)14-18(15(2)3)26(8)21(28)19(23(5,6)7)25-20(27)17-12-10-11-13-24-17/h14-15,17-19,24H,9-13H2,1-8H3,(H,25,27)/b16-14+/t17-,18?,19?/m0/s1. The van der Waals surface area contributed by atoms with E-state index in [2.05, 4.69) is 10.6 Å². The number of nitrogens with zero attached hydrogens (tertiary/aromatic N) is 1. The van der Waals surface area contributed by atoms with Gasteiger partial charge in [-0.25, -0.2) is 4.79 Å². The number of carbonyl (C=O) groups excluding carboxylic acids is 3. The van der Waals surface area contributed by atoms with Gasteiger partial charge < -0.3 is 20.3 Å². The van der Waals surface area contributed by atoms with Gasteiger partial charge >= 0.3 is 5.97 Å². The molecule has 0 spiro atoms. The summed E-state index contributed by atoms with van der Waals surface area (Å²) in [7, 11) is 1.73. The Morgan fingerprint density at radius 3 is 2.33 bits per heavy atom. The zero-order valence-corrected chi connectivity index (χ0v) is 20.0. The van der Waals surface area contributed by atoms with Crippen LogP contribution in [0.1, 0.15) is 67.7 Å². The third kappa shape index (κ3) is 7.42. The summed E-state index contributed by atoms with van der Waals surface area (Å²) in [4.78, 5) is 40.0. The summed E-state index contributed by atoms with van der Waals surface area (Å²) in [5.74, 6) is -0.596. The predicted molar refractivity (Wildman–Crippen MR) is 119 cm³/mol. The van der Waals surface area contributed by atoms with E-state index < -0.39 is 11.5 Å². The Hall–Kier alpha value is -1.89.